The van der Waals surface area contributed by atoms with Gasteiger partial charge in [-0.3, -0.25) is 4.68 Å². The van der Waals surface area contributed by atoms with E-state index in [0.29, 0.717) is 23.5 Å². The topological polar surface area (TPSA) is 39.9 Å². The number of fused-ring (bicyclic) bond motifs is 5. The predicted octanol–water partition coefficient (Wildman–Crippen LogP) is 9.08. The molecule has 1 aromatic heterocycles. The van der Waals surface area contributed by atoms with Crippen molar-refractivity contribution in [2.24, 2.45) is 52.3 Å². The Hall–Kier alpha value is -0.900. The fraction of sp³-hybridized carbons (Fsp3) is 0.941. The van der Waals surface area contributed by atoms with Crippen molar-refractivity contribution in [3.05, 3.63) is 11.9 Å². The highest BCUT2D eigenvalue weighted by Crippen LogP contribution is 2.68. The molecule has 0 radical (unpaired) electrons. The van der Waals surface area contributed by atoms with E-state index in [4.69, 9.17) is 4.74 Å². The van der Waals surface area contributed by atoms with Crippen LogP contribution < -0.4 is 0 Å². The molecule has 0 amide bonds. The Kier molecular flexibility index (Phi) is 8.97. The van der Waals surface area contributed by atoms with E-state index in [-0.39, 0.29) is 0 Å². The summed E-state index contributed by atoms with van der Waals surface area (Å²) < 4.78 is 8.46. The van der Waals surface area contributed by atoms with Gasteiger partial charge in [0, 0.05) is 6.54 Å². The van der Waals surface area contributed by atoms with Crippen molar-refractivity contribution in [2.75, 3.05) is 0 Å². The lowest BCUT2D eigenvalue weighted by atomic mass is 9.44. The number of aryl methyl sites for hydroxylation is 1. The maximum Gasteiger partial charge on any atom is 0.108 e. The van der Waals surface area contributed by atoms with Crippen molar-refractivity contribution >= 4 is 0 Å². The van der Waals surface area contributed by atoms with Gasteiger partial charge in [0.1, 0.15) is 5.69 Å². The number of nitrogens with zero attached hydrogens (tertiary/aromatic N) is 3. The van der Waals surface area contributed by atoms with Crippen LogP contribution in [0.3, 0.4) is 0 Å². The van der Waals surface area contributed by atoms with Crippen LogP contribution in [0.5, 0.6) is 0 Å². The normalized spacial score (nSPS) is 39.6. The van der Waals surface area contributed by atoms with E-state index in [1.165, 1.54) is 83.5 Å². The number of hydrogen-bond donors (Lipinski definition) is 0. The largest absolute Gasteiger partial charge is 0.372 e. The Bertz CT molecular complexity index is 896. The second kappa shape index (κ2) is 11.9. The van der Waals surface area contributed by atoms with Gasteiger partial charge in [0.2, 0.25) is 0 Å². The molecule has 0 N–H and O–H groups in total. The zero-order valence-corrected chi connectivity index (χ0v) is 25.8. The van der Waals surface area contributed by atoms with Crippen LogP contribution in [0.1, 0.15) is 137 Å². The second-order valence-corrected chi connectivity index (χ2v) is 15.2. The SMILES string of the molecule is CCCCn1cc(CO[C@H]2CC[C@@]3(C)C(CCC4C3CC[C@@]3(C)C4CC[C@@H]3[C@H](C)CCCC(C)C)C2)nn1. The zero-order valence-electron chi connectivity index (χ0n) is 25.8. The number of ether oxygens (including phenoxy) is 1. The first kappa shape index (κ1) is 28.6. The van der Waals surface area contributed by atoms with Crippen LogP contribution in [0, 0.1) is 52.3 Å². The van der Waals surface area contributed by atoms with Crippen LogP contribution in [-0.4, -0.2) is 21.1 Å². The van der Waals surface area contributed by atoms with Crippen LogP contribution in [-0.2, 0) is 17.9 Å². The molecule has 0 spiro atoms. The van der Waals surface area contributed by atoms with Gasteiger partial charge in [-0.05, 0) is 116 Å². The maximum atomic E-state index is 6.47. The highest BCUT2D eigenvalue weighted by molar-refractivity contribution is 5.10. The lowest BCUT2D eigenvalue weighted by Crippen LogP contribution is -2.54. The fourth-order valence-electron chi connectivity index (χ4n) is 10.4. The Balaban J connectivity index is 1.16. The summed E-state index contributed by atoms with van der Waals surface area (Å²) in [6.45, 7) is 16.6. The standard InChI is InChI=1S/C34H59N3O/c1-7-8-20-37-22-27(35-36-37)23-38-28-16-18-33(5)26(21-28)12-13-29-31-15-14-30(25(4)11-9-10-24(2)3)34(31,6)19-17-32(29)33/h22,24-26,28-32H,7-21,23H2,1-6H3/t25-,26?,28+,29?,30-,31?,32?,33+,34-/m1/s1. The molecule has 0 bridgehead atoms. The number of hydrogen-bond acceptors (Lipinski definition) is 3. The molecule has 4 aliphatic rings. The van der Waals surface area contributed by atoms with E-state index in [2.05, 4.69) is 58.1 Å². The number of unbranched alkanes of at least 4 members (excludes halogenated alkanes) is 1. The van der Waals surface area contributed by atoms with Gasteiger partial charge >= 0.3 is 0 Å². The molecule has 4 fully saturated rings. The quantitative estimate of drug-likeness (QED) is 0.289. The number of aromatic nitrogens is 3. The summed E-state index contributed by atoms with van der Waals surface area (Å²) in [6, 6.07) is 0. The predicted molar refractivity (Wildman–Crippen MR) is 157 cm³/mol. The Labute approximate surface area is 234 Å². The van der Waals surface area contributed by atoms with Crippen molar-refractivity contribution in [3.8, 4) is 0 Å². The van der Waals surface area contributed by atoms with Crippen LogP contribution >= 0.6 is 0 Å². The van der Waals surface area contributed by atoms with Crippen LogP contribution in [0.25, 0.3) is 0 Å². The summed E-state index contributed by atoms with van der Waals surface area (Å²) in [4.78, 5) is 0. The smallest absolute Gasteiger partial charge is 0.108 e. The average molecular weight is 526 g/mol. The Morgan fingerprint density at radius 2 is 1.74 bits per heavy atom. The molecule has 4 saturated carbocycles. The van der Waals surface area contributed by atoms with Crippen LogP contribution in [0.4, 0.5) is 0 Å². The molecule has 1 heterocycles. The summed E-state index contributed by atoms with van der Waals surface area (Å²) in [5.74, 6) is 6.50. The molecule has 0 saturated heterocycles. The Morgan fingerprint density at radius 3 is 2.53 bits per heavy atom. The molecule has 5 rings (SSSR count). The van der Waals surface area contributed by atoms with E-state index in [1.807, 2.05) is 4.68 Å². The van der Waals surface area contributed by atoms with E-state index >= 15 is 0 Å². The third-order valence-corrected chi connectivity index (χ3v) is 12.6. The van der Waals surface area contributed by atoms with Gasteiger partial charge in [0.05, 0.1) is 18.9 Å². The first-order chi connectivity index (χ1) is 18.2. The molecule has 9 atom stereocenters. The molecule has 4 nitrogen and oxygen atoms in total. The molecular formula is C34H59N3O. The second-order valence-electron chi connectivity index (χ2n) is 15.2. The van der Waals surface area contributed by atoms with Crippen LogP contribution in [0.15, 0.2) is 6.20 Å². The molecule has 4 heteroatoms. The molecule has 4 unspecified atom stereocenters. The van der Waals surface area contributed by atoms with Gasteiger partial charge in [0.25, 0.3) is 0 Å². The molecule has 1 aromatic rings. The summed E-state index contributed by atoms with van der Waals surface area (Å²) in [6.07, 6.45) is 21.9. The van der Waals surface area contributed by atoms with E-state index in [9.17, 15) is 0 Å². The van der Waals surface area contributed by atoms with E-state index < -0.39 is 0 Å². The van der Waals surface area contributed by atoms with E-state index in [1.54, 1.807) is 0 Å². The molecule has 4 aliphatic carbocycles. The molecule has 0 aromatic carbocycles. The molecule has 38 heavy (non-hydrogen) atoms. The average Bonchev–Trinajstić information content (AvgIpc) is 3.49. The lowest BCUT2D eigenvalue weighted by molar-refractivity contribution is -0.138. The highest BCUT2D eigenvalue weighted by atomic mass is 16.5. The van der Waals surface area contributed by atoms with E-state index in [0.717, 1.165) is 60.1 Å². The van der Waals surface area contributed by atoms with Gasteiger partial charge in [-0.15, -0.1) is 5.10 Å². The van der Waals surface area contributed by atoms with Gasteiger partial charge in [-0.25, -0.2) is 0 Å². The van der Waals surface area contributed by atoms with Crippen molar-refractivity contribution in [1.29, 1.82) is 0 Å². The van der Waals surface area contributed by atoms with Crippen molar-refractivity contribution < 1.29 is 4.74 Å². The fourth-order valence-corrected chi connectivity index (χ4v) is 10.4. The van der Waals surface area contributed by atoms with Gasteiger partial charge in [-0.1, -0.05) is 72.4 Å². The Morgan fingerprint density at radius 1 is 0.947 bits per heavy atom. The van der Waals surface area contributed by atoms with Crippen LogP contribution in [0.2, 0.25) is 0 Å². The first-order valence-corrected chi connectivity index (χ1v) is 16.7. The van der Waals surface area contributed by atoms with Crippen molar-refractivity contribution in [3.63, 3.8) is 0 Å². The molecule has 216 valence electrons. The van der Waals surface area contributed by atoms with Gasteiger partial charge in [-0.2, -0.15) is 0 Å². The molecular weight excluding hydrogens is 466 g/mol. The van der Waals surface area contributed by atoms with Crippen molar-refractivity contribution in [1.82, 2.24) is 15.0 Å². The minimum atomic E-state index is 0.404. The third-order valence-electron chi connectivity index (χ3n) is 12.6. The zero-order chi connectivity index (χ0) is 26.9. The molecule has 0 aliphatic heterocycles. The van der Waals surface area contributed by atoms with Gasteiger partial charge in [0.15, 0.2) is 0 Å². The summed E-state index contributed by atoms with van der Waals surface area (Å²) in [7, 11) is 0. The summed E-state index contributed by atoms with van der Waals surface area (Å²) in [5.41, 5.74) is 2.14. The summed E-state index contributed by atoms with van der Waals surface area (Å²) >= 11 is 0. The summed E-state index contributed by atoms with van der Waals surface area (Å²) in [5, 5.41) is 8.67. The minimum Gasteiger partial charge on any atom is -0.372 e. The van der Waals surface area contributed by atoms with Gasteiger partial charge < -0.3 is 4.74 Å². The van der Waals surface area contributed by atoms with Crippen molar-refractivity contribution in [2.45, 2.75) is 151 Å². The lowest BCUT2D eigenvalue weighted by Gasteiger charge is -2.61. The highest BCUT2D eigenvalue weighted by Gasteiger charge is 2.60. The first-order valence-electron chi connectivity index (χ1n) is 16.7. The maximum absolute atomic E-state index is 6.47. The minimum absolute atomic E-state index is 0.404. The third kappa shape index (κ3) is 5.64. The monoisotopic (exact) mass is 525 g/mol. The number of rotatable bonds is 11.